The zero-order chi connectivity index (χ0) is 10.1. The van der Waals surface area contributed by atoms with Crippen molar-refractivity contribution in [2.45, 2.75) is 5.16 Å². The molecule has 0 aliphatic carbocycles. The third-order valence-electron chi connectivity index (χ3n) is 1.66. The molecule has 0 bridgehead atoms. The van der Waals surface area contributed by atoms with Crippen molar-refractivity contribution in [3.63, 3.8) is 0 Å². The molecule has 3 nitrogen and oxygen atoms in total. The largest absolute Gasteiger partial charge is 0.244 e. The van der Waals surface area contributed by atoms with Crippen LogP contribution in [-0.4, -0.2) is 21.2 Å². The van der Waals surface area contributed by atoms with Crippen LogP contribution in [0.4, 0.5) is 0 Å². The molecule has 72 valence electrons. The zero-order valence-electron chi connectivity index (χ0n) is 7.16. The van der Waals surface area contributed by atoms with Gasteiger partial charge in [0.15, 0.2) is 5.16 Å². The fourth-order valence-corrected chi connectivity index (χ4v) is 1.84. The van der Waals surface area contributed by atoms with E-state index in [1.54, 1.807) is 12.3 Å². The molecule has 0 aromatic carbocycles. The van der Waals surface area contributed by atoms with E-state index in [1.165, 1.54) is 11.8 Å². The zero-order valence-corrected chi connectivity index (χ0v) is 9.49. The summed E-state index contributed by atoms with van der Waals surface area (Å²) in [5, 5.41) is 2.15. The van der Waals surface area contributed by atoms with Gasteiger partial charge in [0.05, 0.1) is 10.9 Å². The second-order valence-electron chi connectivity index (χ2n) is 2.53. The molecule has 0 fully saturated rings. The highest BCUT2D eigenvalue weighted by Crippen LogP contribution is 2.23. The Morgan fingerprint density at radius 3 is 2.79 bits per heavy atom. The van der Waals surface area contributed by atoms with Crippen molar-refractivity contribution in [2.75, 3.05) is 6.26 Å². The number of thioether (sulfide) groups is 1. The average molecular weight is 246 g/mol. The summed E-state index contributed by atoms with van der Waals surface area (Å²) < 4.78 is 0. The molecule has 0 saturated heterocycles. The molecule has 0 atom stereocenters. The van der Waals surface area contributed by atoms with Crippen LogP contribution in [0.3, 0.4) is 0 Å². The van der Waals surface area contributed by atoms with E-state index < -0.39 is 0 Å². The molecule has 2 aromatic heterocycles. The summed E-state index contributed by atoms with van der Waals surface area (Å²) in [6, 6.07) is 1.67. The van der Waals surface area contributed by atoms with Crippen LogP contribution < -0.4 is 0 Å². The van der Waals surface area contributed by atoms with E-state index >= 15 is 0 Å². The fourth-order valence-electron chi connectivity index (χ4n) is 1.04. The van der Waals surface area contributed by atoms with Gasteiger partial charge in [0.25, 0.3) is 0 Å². The van der Waals surface area contributed by atoms with E-state index in [0.717, 1.165) is 0 Å². The molecular weight excluding hydrogens is 241 g/mol. The van der Waals surface area contributed by atoms with Gasteiger partial charge in [-0.1, -0.05) is 35.0 Å². The van der Waals surface area contributed by atoms with E-state index in [1.807, 2.05) is 6.26 Å². The Morgan fingerprint density at radius 2 is 2.07 bits per heavy atom. The van der Waals surface area contributed by atoms with Gasteiger partial charge in [-0.2, -0.15) is 0 Å². The molecule has 14 heavy (non-hydrogen) atoms. The van der Waals surface area contributed by atoms with Crippen LogP contribution >= 0.6 is 35.0 Å². The second kappa shape index (κ2) is 3.88. The van der Waals surface area contributed by atoms with Crippen LogP contribution in [0.5, 0.6) is 0 Å². The van der Waals surface area contributed by atoms with Crippen molar-refractivity contribution in [3.05, 3.63) is 22.6 Å². The van der Waals surface area contributed by atoms with Gasteiger partial charge in [-0.3, -0.25) is 0 Å². The minimum absolute atomic E-state index is 0.402. The maximum Gasteiger partial charge on any atom is 0.189 e. The van der Waals surface area contributed by atoms with E-state index in [4.69, 9.17) is 23.2 Å². The molecule has 0 N–H and O–H groups in total. The SMILES string of the molecule is CSc1nc(Cl)c2cnc(Cl)cc2n1. The third kappa shape index (κ3) is 1.78. The van der Waals surface area contributed by atoms with Crippen molar-refractivity contribution in [1.29, 1.82) is 0 Å². The summed E-state index contributed by atoms with van der Waals surface area (Å²) in [7, 11) is 0. The highest BCUT2D eigenvalue weighted by molar-refractivity contribution is 7.98. The number of hydrogen-bond acceptors (Lipinski definition) is 4. The Morgan fingerprint density at radius 1 is 1.29 bits per heavy atom. The average Bonchev–Trinajstić information content (AvgIpc) is 2.16. The van der Waals surface area contributed by atoms with Crippen molar-refractivity contribution in [2.24, 2.45) is 0 Å². The van der Waals surface area contributed by atoms with Crippen molar-refractivity contribution >= 4 is 45.9 Å². The van der Waals surface area contributed by atoms with Gasteiger partial charge in [0.1, 0.15) is 10.3 Å². The smallest absolute Gasteiger partial charge is 0.189 e. The van der Waals surface area contributed by atoms with E-state index in [2.05, 4.69) is 15.0 Å². The first kappa shape index (κ1) is 9.96. The van der Waals surface area contributed by atoms with Crippen LogP contribution in [0.15, 0.2) is 17.4 Å². The minimum Gasteiger partial charge on any atom is -0.244 e. The first-order valence-electron chi connectivity index (χ1n) is 3.73. The van der Waals surface area contributed by atoms with Crippen LogP contribution in [0, 0.1) is 0 Å². The molecule has 0 unspecified atom stereocenters. The van der Waals surface area contributed by atoms with Crippen molar-refractivity contribution in [1.82, 2.24) is 15.0 Å². The van der Waals surface area contributed by atoms with Crippen molar-refractivity contribution < 1.29 is 0 Å². The molecule has 0 aliphatic rings. The first-order valence-corrected chi connectivity index (χ1v) is 5.71. The lowest BCUT2D eigenvalue weighted by Crippen LogP contribution is -1.90. The first-order chi connectivity index (χ1) is 6.70. The Kier molecular flexibility index (Phi) is 2.76. The molecule has 6 heteroatoms. The summed E-state index contributed by atoms with van der Waals surface area (Å²) in [5.74, 6) is 0. The Labute approximate surface area is 94.9 Å². The standard InChI is InChI=1S/C8H5Cl2N3S/c1-14-8-12-5-2-6(9)11-3-4(5)7(10)13-8/h2-3H,1H3. The summed E-state index contributed by atoms with van der Waals surface area (Å²) in [5.41, 5.74) is 0.717. The van der Waals surface area contributed by atoms with Crippen LogP contribution in [0.25, 0.3) is 10.9 Å². The maximum absolute atomic E-state index is 5.95. The lowest BCUT2D eigenvalue weighted by molar-refractivity contribution is 1.00. The van der Waals surface area contributed by atoms with Gasteiger partial charge in [-0.05, 0) is 6.26 Å². The molecule has 0 spiro atoms. The summed E-state index contributed by atoms with van der Waals surface area (Å²) in [6.45, 7) is 0. The molecule has 0 aliphatic heterocycles. The van der Waals surface area contributed by atoms with Gasteiger partial charge >= 0.3 is 0 Å². The lowest BCUT2D eigenvalue weighted by Gasteiger charge is -2.01. The molecular formula is C8H5Cl2N3S. The van der Waals surface area contributed by atoms with Gasteiger partial charge in [0, 0.05) is 12.3 Å². The van der Waals surface area contributed by atoms with Gasteiger partial charge in [0.2, 0.25) is 0 Å². The molecule has 2 heterocycles. The predicted molar refractivity (Wildman–Crippen MR) is 59.1 cm³/mol. The molecule has 0 radical (unpaired) electrons. The quantitative estimate of drug-likeness (QED) is 0.335. The lowest BCUT2D eigenvalue weighted by atomic mass is 10.3. The van der Waals surface area contributed by atoms with Gasteiger partial charge < -0.3 is 0 Å². The predicted octanol–water partition coefficient (Wildman–Crippen LogP) is 3.05. The van der Waals surface area contributed by atoms with Crippen molar-refractivity contribution in [3.8, 4) is 0 Å². The van der Waals surface area contributed by atoms with Crippen LogP contribution in [0.2, 0.25) is 10.3 Å². The number of nitrogens with zero attached hydrogens (tertiary/aromatic N) is 3. The van der Waals surface area contributed by atoms with E-state index in [0.29, 0.717) is 26.4 Å². The molecule has 2 aromatic rings. The van der Waals surface area contributed by atoms with E-state index in [9.17, 15) is 0 Å². The van der Waals surface area contributed by atoms with Crippen LogP contribution in [-0.2, 0) is 0 Å². The number of hydrogen-bond donors (Lipinski definition) is 0. The third-order valence-corrected chi connectivity index (χ3v) is 2.71. The van der Waals surface area contributed by atoms with Gasteiger partial charge in [-0.15, -0.1) is 0 Å². The Hall–Kier alpha value is -0.580. The second-order valence-corrected chi connectivity index (χ2v) is 4.04. The van der Waals surface area contributed by atoms with Crippen LogP contribution in [0.1, 0.15) is 0 Å². The highest BCUT2D eigenvalue weighted by Gasteiger charge is 2.05. The Balaban J connectivity index is 2.77. The maximum atomic E-state index is 5.95. The normalized spacial score (nSPS) is 10.8. The van der Waals surface area contributed by atoms with E-state index in [-0.39, 0.29) is 0 Å². The highest BCUT2D eigenvalue weighted by atomic mass is 35.5. The summed E-state index contributed by atoms with van der Waals surface area (Å²) in [4.78, 5) is 12.3. The Bertz CT molecular complexity index is 489. The molecule has 0 amide bonds. The summed E-state index contributed by atoms with van der Waals surface area (Å²) >= 11 is 13.1. The number of rotatable bonds is 1. The van der Waals surface area contributed by atoms with Gasteiger partial charge in [-0.25, -0.2) is 15.0 Å². The topological polar surface area (TPSA) is 38.7 Å². The fraction of sp³-hybridized carbons (Fsp3) is 0.125. The number of fused-ring (bicyclic) bond motifs is 1. The number of pyridine rings is 1. The minimum atomic E-state index is 0.402. The summed E-state index contributed by atoms with van der Waals surface area (Å²) in [6.07, 6.45) is 3.46. The molecule has 2 rings (SSSR count). The number of halogens is 2. The monoisotopic (exact) mass is 245 g/mol. The number of aromatic nitrogens is 3. The molecule has 0 saturated carbocycles.